The predicted octanol–water partition coefficient (Wildman–Crippen LogP) is 4.93. The van der Waals surface area contributed by atoms with Crippen LogP contribution in [0.3, 0.4) is 0 Å². The van der Waals surface area contributed by atoms with Gasteiger partial charge in [0.15, 0.2) is 0 Å². The van der Waals surface area contributed by atoms with E-state index in [-0.39, 0.29) is 11.8 Å². The van der Waals surface area contributed by atoms with Crippen molar-refractivity contribution in [1.82, 2.24) is 0 Å². The Kier molecular flexibility index (Phi) is 5.32. The van der Waals surface area contributed by atoms with Gasteiger partial charge in [0, 0.05) is 0 Å². The molecule has 0 radical (unpaired) electrons. The molecule has 0 bridgehead atoms. The Morgan fingerprint density at radius 1 is 0.739 bits per heavy atom. The number of ether oxygens (including phenoxy) is 1. The van der Waals surface area contributed by atoms with Crippen molar-refractivity contribution in [3.63, 3.8) is 0 Å². The summed E-state index contributed by atoms with van der Waals surface area (Å²) in [6, 6.07) is 14.3. The number of hydrogen-bond donors (Lipinski definition) is 0. The van der Waals surface area contributed by atoms with Gasteiger partial charge in [-0.05, 0) is 35.1 Å². The third-order valence-electron chi connectivity index (χ3n) is 3.77. The third kappa shape index (κ3) is 3.86. The molecule has 2 aromatic carbocycles. The van der Waals surface area contributed by atoms with Crippen molar-refractivity contribution in [2.75, 3.05) is 0 Å². The molecule has 0 aromatic heterocycles. The Balaban J connectivity index is 2.37. The standard InChI is InChI=1S/C20H22O3/c1-13(2)16-11-8-12-17(14(3)4)18(16)20(22)23-19(21)15-9-6-5-7-10-15/h5-14H,1-4H3. The van der Waals surface area contributed by atoms with Crippen LogP contribution in [-0.4, -0.2) is 11.9 Å². The summed E-state index contributed by atoms with van der Waals surface area (Å²) >= 11 is 0. The number of esters is 2. The van der Waals surface area contributed by atoms with Crippen molar-refractivity contribution in [2.24, 2.45) is 0 Å². The van der Waals surface area contributed by atoms with Gasteiger partial charge in [0.05, 0.1) is 11.1 Å². The van der Waals surface area contributed by atoms with Gasteiger partial charge in [0.1, 0.15) is 0 Å². The minimum absolute atomic E-state index is 0.170. The van der Waals surface area contributed by atoms with Crippen LogP contribution in [0.2, 0.25) is 0 Å². The number of carbonyl (C=O) groups excluding carboxylic acids is 2. The second kappa shape index (κ2) is 7.23. The van der Waals surface area contributed by atoms with Crippen molar-refractivity contribution >= 4 is 11.9 Å². The molecule has 2 rings (SSSR count). The summed E-state index contributed by atoms with van der Waals surface area (Å²) in [4.78, 5) is 24.8. The Hall–Kier alpha value is -2.42. The van der Waals surface area contributed by atoms with E-state index in [9.17, 15) is 9.59 Å². The minimum atomic E-state index is -0.621. The van der Waals surface area contributed by atoms with Crippen LogP contribution in [0, 0.1) is 0 Å². The molecular formula is C20H22O3. The van der Waals surface area contributed by atoms with E-state index in [1.807, 2.05) is 52.0 Å². The zero-order valence-corrected chi connectivity index (χ0v) is 14.0. The van der Waals surface area contributed by atoms with E-state index in [4.69, 9.17) is 4.74 Å². The molecule has 120 valence electrons. The van der Waals surface area contributed by atoms with Crippen molar-refractivity contribution in [1.29, 1.82) is 0 Å². The summed E-state index contributed by atoms with van der Waals surface area (Å²) in [6.45, 7) is 8.09. The van der Waals surface area contributed by atoms with E-state index in [1.54, 1.807) is 24.3 Å². The molecular weight excluding hydrogens is 288 g/mol. The van der Waals surface area contributed by atoms with Crippen LogP contribution in [0.1, 0.15) is 71.4 Å². The normalized spacial score (nSPS) is 10.9. The quantitative estimate of drug-likeness (QED) is 0.594. The maximum atomic E-state index is 12.6. The fraction of sp³-hybridized carbons (Fsp3) is 0.300. The van der Waals surface area contributed by atoms with Crippen molar-refractivity contribution in [3.8, 4) is 0 Å². The first-order chi connectivity index (χ1) is 10.9. The lowest BCUT2D eigenvalue weighted by Crippen LogP contribution is -2.17. The molecule has 0 heterocycles. The second-order valence-electron chi connectivity index (χ2n) is 6.16. The number of hydrogen-bond acceptors (Lipinski definition) is 3. The van der Waals surface area contributed by atoms with E-state index in [0.29, 0.717) is 11.1 Å². The van der Waals surface area contributed by atoms with Crippen LogP contribution < -0.4 is 0 Å². The van der Waals surface area contributed by atoms with Gasteiger partial charge in [0.25, 0.3) is 0 Å². The fourth-order valence-electron chi connectivity index (χ4n) is 2.56. The third-order valence-corrected chi connectivity index (χ3v) is 3.77. The van der Waals surface area contributed by atoms with Gasteiger partial charge in [-0.15, -0.1) is 0 Å². The Morgan fingerprint density at radius 3 is 1.74 bits per heavy atom. The molecule has 3 nitrogen and oxygen atoms in total. The van der Waals surface area contributed by atoms with Crippen LogP contribution in [0.25, 0.3) is 0 Å². The molecule has 0 atom stereocenters. The van der Waals surface area contributed by atoms with E-state index in [1.165, 1.54) is 0 Å². The summed E-state index contributed by atoms with van der Waals surface area (Å²) in [5, 5.41) is 0. The zero-order valence-electron chi connectivity index (χ0n) is 14.0. The first-order valence-corrected chi connectivity index (χ1v) is 7.86. The minimum Gasteiger partial charge on any atom is -0.386 e. The lowest BCUT2D eigenvalue weighted by molar-refractivity contribution is 0.0395. The van der Waals surface area contributed by atoms with Crippen molar-refractivity contribution in [2.45, 2.75) is 39.5 Å². The van der Waals surface area contributed by atoms with E-state index < -0.39 is 11.9 Å². The molecule has 2 aromatic rings. The number of carbonyl (C=O) groups is 2. The highest BCUT2D eigenvalue weighted by molar-refractivity contribution is 6.04. The molecule has 3 heteroatoms. The molecule has 0 aliphatic rings. The summed E-state index contributed by atoms with van der Waals surface area (Å²) < 4.78 is 5.13. The average molecular weight is 310 g/mol. The average Bonchev–Trinajstić information content (AvgIpc) is 2.54. The van der Waals surface area contributed by atoms with Gasteiger partial charge in [0.2, 0.25) is 0 Å². The molecule has 0 unspecified atom stereocenters. The van der Waals surface area contributed by atoms with Gasteiger partial charge >= 0.3 is 11.9 Å². The monoisotopic (exact) mass is 310 g/mol. The molecule has 0 saturated carbocycles. The summed E-state index contributed by atoms with van der Waals surface area (Å²) in [7, 11) is 0. The number of rotatable bonds is 4. The molecule has 0 aliphatic heterocycles. The maximum Gasteiger partial charge on any atom is 0.346 e. The van der Waals surface area contributed by atoms with Crippen molar-refractivity contribution in [3.05, 3.63) is 70.8 Å². The zero-order chi connectivity index (χ0) is 17.0. The molecule has 23 heavy (non-hydrogen) atoms. The van der Waals surface area contributed by atoms with Crippen LogP contribution in [0.15, 0.2) is 48.5 Å². The summed E-state index contributed by atoms with van der Waals surface area (Å²) in [5.41, 5.74) is 2.69. The first kappa shape index (κ1) is 16.9. The molecule has 0 amide bonds. The predicted molar refractivity (Wildman–Crippen MR) is 90.8 cm³/mol. The molecule has 0 saturated heterocycles. The highest BCUT2D eigenvalue weighted by Crippen LogP contribution is 2.28. The van der Waals surface area contributed by atoms with Crippen molar-refractivity contribution < 1.29 is 14.3 Å². The van der Waals surface area contributed by atoms with Gasteiger partial charge in [-0.3, -0.25) is 0 Å². The SMILES string of the molecule is CC(C)c1cccc(C(C)C)c1C(=O)OC(=O)c1ccccc1. The van der Waals surface area contributed by atoms with Crippen LogP contribution in [0.4, 0.5) is 0 Å². The van der Waals surface area contributed by atoms with Crippen LogP contribution in [0.5, 0.6) is 0 Å². The second-order valence-corrected chi connectivity index (χ2v) is 6.16. The van der Waals surface area contributed by atoms with Crippen LogP contribution in [-0.2, 0) is 4.74 Å². The maximum absolute atomic E-state index is 12.6. The van der Waals surface area contributed by atoms with Gasteiger partial charge < -0.3 is 4.74 Å². The molecule has 0 fully saturated rings. The van der Waals surface area contributed by atoms with Crippen LogP contribution >= 0.6 is 0 Å². The Labute approximate surface area is 137 Å². The van der Waals surface area contributed by atoms with E-state index >= 15 is 0 Å². The fourth-order valence-corrected chi connectivity index (χ4v) is 2.56. The lowest BCUT2D eigenvalue weighted by atomic mass is 9.89. The molecule has 0 aliphatic carbocycles. The topological polar surface area (TPSA) is 43.4 Å². The highest BCUT2D eigenvalue weighted by Gasteiger charge is 2.23. The van der Waals surface area contributed by atoms with Gasteiger partial charge in [-0.25, -0.2) is 9.59 Å². The summed E-state index contributed by atoms with van der Waals surface area (Å²) in [5.74, 6) is -0.859. The summed E-state index contributed by atoms with van der Waals surface area (Å²) in [6.07, 6.45) is 0. The Morgan fingerprint density at radius 2 is 1.26 bits per heavy atom. The largest absolute Gasteiger partial charge is 0.386 e. The van der Waals surface area contributed by atoms with E-state index in [2.05, 4.69) is 0 Å². The lowest BCUT2D eigenvalue weighted by Gasteiger charge is -2.18. The molecule has 0 spiro atoms. The van der Waals surface area contributed by atoms with Gasteiger partial charge in [-0.1, -0.05) is 64.1 Å². The smallest absolute Gasteiger partial charge is 0.346 e. The van der Waals surface area contributed by atoms with Gasteiger partial charge in [-0.2, -0.15) is 0 Å². The van der Waals surface area contributed by atoms with E-state index in [0.717, 1.165) is 11.1 Å². The Bertz CT molecular complexity index is 674. The molecule has 0 N–H and O–H groups in total. The first-order valence-electron chi connectivity index (χ1n) is 7.86. The number of benzene rings is 2. The highest BCUT2D eigenvalue weighted by atomic mass is 16.6.